The fourth-order valence-electron chi connectivity index (χ4n) is 3.64. The molecular formula is C23H16F5N5. The zero-order valence-electron chi connectivity index (χ0n) is 17.1. The molecule has 10 heteroatoms. The first-order valence-corrected chi connectivity index (χ1v) is 10.1. The van der Waals surface area contributed by atoms with Crippen molar-refractivity contribution in [3.05, 3.63) is 59.9 Å². The van der Waals surface area contributed by atoms with Crippen molar-refractivity contribution in [2.45, 2.75) is 19.3 Å². The summed E-state index contributed by atoms with van der Waals surface area (Å²) in [6.07, 6.45) is -0.201. The average Bonchev–Trinajstić information content (AvgIpc) is 3.42. The molecule has 0 amide bonds. The highest BCUT2D eigenvalue weighted by Crippen LogP contribution is 2.45. The van der Waals surface area contributed by atoms with Gasteiger partial charge in [-0.3, -0.25) is 4.40 Å². The van der Waals surface area contributed by atoms with E-state index < -0.39 is 36.7 Å². The lowest BCUT2D eigenvalue weighted by Gasteiger charge is -2.25. The third-order valence-electron chi connectivity index (χ3n) is 5.55. The molecule has 0 bridgehead atoms. The molecule has 1 aliphatic rings. The number of benzene rings is 2. The fourth-order valence-corrected chi connectivity index (χ4v) is 3.64. The molecule has 2 aromatic carbocycles. The summed E-state index contributed by atoms with van der Waals surface area (Å²) in [6.45, 7) is -1.44. The lowest BCUT2D eigenvalue weighted by Crippen LogP contribution is -2.25. The Labute approximate surface area is 184 Å². The maximum Gasteiger partial charge on any atom is 0.257 e. The Morgan fingerprint density at radius 1 is 1.09 bits per heavy atom. The number of halogens is 5. The average molecular weight is 457 g/mol. The number of nitrogens with zero attached hydrogens (tertiary/aromatic N) is 5. The van der Waals surface area contributed by atoms with Gasteiger partial charge in [-0.2, -0.15) is 4.98 Å². The van der Waals surface area contributed by atoms with Gasteiger partial charge in [-0.05, 0) is 49.2 Å². The van der Waals surface area contributed by atoms with Crippen LogP contribution in [-0.4, -0.2) is 39.2 Å². The van der Waals surface area contributed by atoms with E-state index in [0.717, 1.165) is 23.1 Å². The van der Waals surface area contributed by atoms with E-state index in [2.05, 4.69) is 27.0 Å². The van der Waals surface area contributed by atoms with E-state index >= 15 is 0 Å². The van der Waals surface area contributed by atoms with E-state index in [4.69, 9.17) is 0 Å². The van der Waals surface area contributed by atoms with Gasteiger partial charge in [0.1, 0.15) is 30.5 Å². The Balaban J connectivity index is 1.69. The van der Waals surface area contributed by atoms with E-state index in [1.165, 1.54) is 28.9 Å². The smallest absolute Gasteiger partial charge is 0.257 e. The molecule has 0 unspecified atom stereocenters. The molecule has 0 aliphatic heterocycles. The highest BCUT2D eigenvalue weighted by Gasteiger charge is 2.41. The Bertz CT molecular complexity index is 1420. The van der Waals surface area contributed by atoms with E-state index in [1.807, 2.05) is 0 Å². The Hall–Kier alpha value is -3.74. The van der Waals surface area contributed by atoms with Gasteiger partial charge >= 0.3 is 0 Å². The molecule has 2 heterocycles. The second kappa shape index (κ2) is 7.99. The number of anilines is 2. The van der Waals surface area contributed by atoms with Crippen LogP contribution in [0.1, 0.15) is 18.4 Å². The summed E-state index contributed by atoms with van der Waals surface area (Å²) in [5.41, 5.74) is -0.00581. The molecule has 5 nitrogen and oxygen atoms in total. The van der Waals surface area contributed by atoms with Crippen LogP contribution in [0.15, 0.2) is 42.7 Å². The molecular weight excluding hydrogens is 441 g/mol. The molecule has 5 rings (SSSR count). The normalized spacial score (nSPS) is 14.5. The Morgan fingerprint density at radius 3 is 2.64 bits per heavy atom. The molecule has 0 N–H and O–H groups in total. The minimum atomic E-state index is -2.82. The van der Waals surface area contributed by atoms with Crippen molar-refractivity contribution in [3.8, 4) is 11.8 Å². The third kappa shape index (κ3) is 4.06. The molecule has 1 fully saturated rings. The van der Waals surface area contributed by atoms with Gasteiger partial charge in [-0.1, -0.05) is 11.8 Å². The van der Waals surface area contributed by atoms with Crippen molar-refractivity contribution < 1.29 is 22.0 Å². The second-order valence-corrected chi connectivity index (χ2v) is 7.96. The Morgan fingerprint density at radius 2 is 1.91 bits per heavy atom. The Kier molecular flexibility index (Phi) is 5.12. The standard InChI is InChI=1S/C23H16F5N5/c24-12-23(5-6-23)4-3-14-7-16(26)9-17(8-14)32(11-20(27)28)21-18-10-15(25)1-2-19(18)33-13-29-31-22(33)30-21/h1-2,7-10,13,20H,5-6,11-12H2. The summed E-state index contributed by atoms with van der Waals surface area (Å²) < 4.78 is 70.4. The summed E-state index contributed by atoms with van der Waals surface area (Å²) in [5, 5.41) is 7.87. The molecule has 2 aromatic heterocycles. The van der Waals surface area contributed by atoms with Crippen LogP contribution in [0.3, 0.4) is 0 Å². The van der Waals surface area contributed by atoms with Crippen molar-refractivity contribution in [2.75, 3.05) is 18.1 Å². The van der Waals surface area contributed by atoms with Gasteiger partial charge in [-0.25, -0.2) is 22.0 Å². The SMILES string of the molecule is FCC1(C#Cc2cc(F)cc(N(CC(F)F)c3nc4nncn4c4ccc(F)cc34)c2)CC1. The van der Waals surface area contributed by atoms with Crippen molar-refractivity contribution in [1.82, 2.24) is 19.6 Å². The molecule has 1 saturated carbocycles. The zero-order valence-corrected chi connectivity index (χ0v) is 17.1. The van der Waals surface area contributed by atoms with E-state index in [9.17, 15) is 22.0 Å². The quantitative estimate of drug-likeness (QED) is 0.311. The summed E-state index contributed by atoms with van der Waals surface area (Å²) in [6, 6.07) is 7.48. The molecule has 4 aromatic rings. The number of aromatic nitrogens is 4. The monoisotopic (exact) mass is 457 g/mol. The molecule has 0 atom stereocenters. The maximum absolute atomic E-state index is 14.5. The lowest BCUT2D eigenvalue weighted by atomic mass is 10.1. The molecule has 1 aliphatic carbocycles. The second-order valence-electron chi connectivity index (χ2n) is 7.96. The number of fused-ring (bicyclic) bond motifs is 3. The van der Waals surface area contributed by atoms with E-state index in [0.29, 0.717) is 18.4 Å². The van der Waals surface area contributed by atoms with Gasteiger partial charge in [0.15, 0.2) is 0 Å². The summed E-state index contributed by atoms with van der Waals surface area (Å²) in [4.78, 5) is 5.40. The van der Waals surface area contributed by atoms with Crippen LogP contribution < -0.4 is 4.90 Å². The van der Waals surface area contributed by atoms with Gasteiger partial charge in [0, 0.05) is 16.6 Å². The van der Waals surface area contributed by atoms with Gasteiger partial charge in [0.2, 0.25) is 0 Å². The largest absolute Gasteiger partial charge is 0.320 e. The number of rotatable bonds is 5. The summed E-state index contributed by atoms with van der Waals surface area (Å²) in [7, 11) is 0. The first-order chi connectivity index (χ1) is 15.9. The van der Waals surface area contributed by atoms with Crippen LogP contribution in [0.5, 0.6) is 0 Å². The highest BCUT2D eigenvalue weighted by molar-refractivity contribution is 5.93. The number of alkyl halides is 3. The van der Waals surface area contributed by atoms with Crippen LogP contribution in [0.25, 0.3) is 16.7 Å². The summed E-state index contributed by atoms with van der Waals surface area (Å²) in [5.74, 6) is 4.36. The van der Waals surface area contributed by atoms with Crippen LogP contribution >= 0.6 is 0 Å². The van der Waals surface area contributed by atoms with E-state index in [-0.39, 0.29) is 28.2 Å². The minimum absolute atomic E-state index is 0.0303. The maximum atomic E-state index is 14.5. The predicted octanol–water partition coefficient (Wildman–Crippen LogP) is 5.06. The molecule has 168 valence electrons. The highest BCUT2D eigenvalue weighted by atomic mass is 19.3. The zero-order chi connectivity index (χ0) is 23.2. The van der Waals surface area contributed by atoms with Crippen molar-refractivity contribution in [1.29, 1.82) is 0 Å². The van der Waals surface area contributed by atoms with Crippen LogP contribution in [0.2, 0.25) is 0 Å². The van der Waals surface area contributed by atoms with Crippen LogP contribution in [-0.2, 0) is 0 Å². The topological polar surface area (TPSA) is 46.3 Å². The number of hydrogen-bond donors (Lipinski definition) is 0. The first-order valence-electron chi connectivity index (χ1n) is 10.1. The predicted molar refractivity (Wildman–Crippen MR) is 112 cm³/mol. The van der Waals surface area contributed by atoms with Gasteiger partial charge in [0.25, 0.3) is 12.2 Å². The third-order valence-corrected chi connectivity index (χ3v) is 5.55. The minimum Gasteiger partial charge on any atom is -0.320 e. The van der Waals surface area contributed by atoms with E-state index in [1.54, 1.807) is 0 Å². The first kappa shape index (κ1) is 21.1. The lowest BCUT2D eigenvalue weighted by molar-refractivity contribution is 0.158. The van der Waals surface area contributed by atoms with Gasteiger partial charge < -0.3 is 4.90 Å². The summed E-state index contributed by atoms with van der Waals surface area (Å²) >= 11 is 0. The molecule has 0 saturated heterocycles. The van der Waals surface area contributed by atoms with Gasteiger partial charge in [-0.15, -0.1) is 10.2 Å². The van der Waals surface area contributed by atoms with Crippen molar-refractivity contribution >= 4 is 28.2 Å². The fraction of sp³-hybridized carbons (Fsp3) is 0.261. The molecule has 0 spiro atoms. The van der Waals surface area contributed by atoms with Crippen molar-refractivity contribution in [2.24, 2.45) is 5.41 Å². The molecule has 0 radical (unpaired) electrons. The van der Waals surface area contributed by atoms with Crippen LogP contribution in [0.4, 0.5) is 33.5 Å². The van der Waals surface area contributed by atoms with Gasteiger partial charge in [0.05, 0.1) is 17.5 Å². The van der Waals surface area contributed by atoms with Crippen LogP contribution in [0, 0.1) is 28.9 Å². The van der Waals surface area contributed by atoms with Crippen molar-refractivity contribution in [3.63, 3.8) is 0 Å². The number of hydrogen-bond acceptors (Lipinski definition) is 4. The molecule has 33 heavy (non-hydrogen) atoms.